The molecule has 3 rings (SSSR count). The Bertz CT molecular complexity index is 568. The van der Waals surface area contributed by atoms with Crippen LogP contribution in [-0.2, 0) is 29.4 Å². The molecule has 3 heterocycles. The van der Waals surface area contributed by atoms with Crippen molar-refractivity contribution >= 4 is 19.5 Å². The standard InChI is InChI=1S/C11H13N2O5P/c1-8-4-9-2-3-10(14)13(11(9)12-5-8)6-16-19(15)17-7-18-19/h4-5H,2-3,6-7H2,1H3. The molecule has 8 heteroatoms. The van der Waals surface area contributed by atoms with Gasteiger partial charge in [-0.1, -0.05) is 6.07 Å². The summed E-state index contributed by atoms with van der Waals surface area (Å²) in [6.07, 6.45) is 2.72. The fourth-order valence-electron chi connectivity index (χ4n) is 2.02. The Balaban J connectivity index is 1.80. The van der Waals surface area contributed by atoms with Crippen LogP contribution in [0.15, 0.2) is 12.3 Å². The van der Waals surface area contributed by atoms with Crippen LogP contribution in [0.25, 0.3) is 0 Å². The SMILES string of the molecule is Cc1cnc2c(c1)CCC(=O)N2COP1(=O)OCO1. The predicted octanol–water partition coefficient (Wildman–Crippen LogP) is 1.76. The van der Waals surface area contributed by atoms with Gasteiger partial charge in [0.05, 0.1) is 0 Å². The molecule has 1 amide bonds. The van der Waals surface area contributed by atoms with E-state index in [1.54, 1.807) is 6.20 Å². The van der Waals surface area contributed by atoms with E-state index in [1.807, 2.05) is 13.0 Å². The Morgan fingerprint density at radius 3 is 2.95 bits per heavy atom. The van der Waals surface area contributed by atoms with E-state index in [0.29, 0.717) is 18.7 Å². The Morgan fingerprint density at radius 1 is 1.47 bits per heavy atom. The number of amides is 1. The molecule has 102 valence electrons. The van der Waals surface area contributed by atoms with Crippen LogP contribution in [0.2, 0.25) is 0 Å². The molecule has 0 N–H and O–H groups in total. The smallest absolute Gasteiger partial charge is 0.274 e. The summed E-state index contributed by atoms with van der Waals surface area (Å²) in [5.41, 5.74) is 2.02. The highest BCUT2D eigenvalue weighted by molar-refractivity contribution is 7.49. The number of anilines is 1. The highest BCUT2D eigenvalue weighted by Crippen LogP contribution is 2.56. The minimum absolute atomic E-state index is 0.0424. The van der Waals surface area contributed by atoms with Crippen molar-refractivity contribution in [1.29, 1.82) is 0 Å². The van der Waals surface area contributed by atoms with Gasteiger partial charge in [0.1, 0.15) is 12.5 Å². The largest absolute Gasteiger partial charge is 0.480 e. The van der Waals surface area contributed by atoms with Gasteiger partial charge >= 0.3 is 7.82 Å². The molecule has 1 aromatic heterocycles. The molecule has 0 saturated carbocycles. The summed E-state index contributed by atoms with van der Waals surface area (Å²) in [6, 6.07) is 1.99. The van der Waals surface area contributed by atoms with E-state index in [9.17, 15) is 9.36 Å². The van der Waals surface area contributed by atoms with Gasteiger partial charge in [-0.3, -0.25) is 23.3 Å². The van der Waals surface area contributed by atoms with Crippen LogP contribution in [-0.4, -0.2) is 24.4 Å². The average Bonchev–Trinajstić information content (AvgIpc) is 2.35. The molecule has 2 aliphatic rings. The number of aryl methyl sites for hydroxylation is 2. The summed E-state index contributed by atoms with van der Waals surface area (Å²) in [4.78, 5) is 17.5. The van der Waals surface area contributed by atoms with E-state index >= 15 is 0 Å². The first-order valence-electron chi connectivity index (χ1n) is 5.87. The molecule has 0 spiro atoms. The zero-order chi connectivity index (χ0) is 13.5. The maximum atomic E-state index is 11.9. The van der Waals surface area contributed by atoms with E-state index < -0.39 is 7.82 Å². The third-order valence-corrected chi connectivity index (χ3v) is 4.29. The summed E-state index contributed by atoms with van der Waals surface area (Å²) in [5.74, 6) is 0.435. The van der Waals surface area contributed by atoms with Crippen molar-refractivity contribution in [2.24, 2.45) is 0 Å². The number of pyridine rings is 1. The summed E-state index contributed by atoms with van der Waals surface area (Å²) < 4.78 is 26.0. The molecule has 1 saturated heterocycles. The summed E-state index contributed by atoms with van der Waals surface area (Å²) in [7, 11) is -3.43. The second kappa shape index (κ2) is 4.68. The Morgan fingerprint density at radius 2 is 2.26 bits per heavy atom. The van der Waals surface area contributed by atoms with Crippen LogP contribution in [0.3, 0.4) is 0 Å². The van der Waals surface area contributed by atoms with Gasteiger partial charge in [-0.25, -0.2) is 9.55 Å². The number of hydrogen-bond donors (Lipinski definition) is 0. The van der Waals surface area contributed by atoms with E-state index in [4.69, 9.17) is 13.6 Å². The molecule has 0 aromatic carbocycles. The van der Waals surface area contributed by atoms with Gasteiger partial charge in [-0.15, -0.1) is 0 Å². The molecule has 0 unspecified atom stereocenters. The molecule has 1 fully saturated rings. The van der Waals surface area contributed by atoms with Gasteiger partial charge in [0.2, 0.25) is 5.91 Å². The van der Waals surface area contributed by atoms with Crippen LogP contribution in [0.4, 0.5) is 5.82 Å². The van der Waals surface area contributed by atoms with Gasteiger partial charge in [0, 0.05) is 12.6 Å². The fraction of sp³-hybridized carbons (Fsp3) is 0.455. The number of nitrogens with zero attached hydrogens (tertiary/aromatic N) is 2. The van der Waals surface area contributed by atoms with Gasteiger partial charge in [0.15, 0.2) is 6.79 Å². The van der Waals surface area contributed by atoms with Crippen molar-refractivity contribution in [3.63, 3.8) is 0 Å². The van der Waals surface area contributed by atoms with Gasteiger partial charge < -0.3 is 0 Å². The van der Waals surface area contributed by atoms with E-state index in [0.717, 1.165) is 11.1 Å². The minimum atomic E-state index is -3.43. The average molecular weight is 284 g/mol. The monoisotopic (exact) mass is 284 g/mol. The second-order valence-electron chi connectivity index (χ2n) is 4.40. The summed E-state index contributed by atoms with van der Waals surface area (Å²) >= 11 is 0. The first kappa shape index (κ1) is 12.7. The number of phosphoric ester groups is 1. The molecule has 0 radical (unpaired) electrons. The molecule has 7 nitrogen and oxygen atoms in total. The lowest BCUT2D eigenvalue weighted by molar-refractivity contribution is -0.120. The van der Waals surface area contributed by atoms with Crippen molar-refractivity contribution in [2.45, 2.75) is 19.8 Å². The maximum Gasteiger partial charge on any atom is 0.480 e. The van der Waals surface area contributed by atoms with Gasteiger partial charge in [-0.05, 0) is 24.5 Å². The number of phosphoric acid groups is 1. The summed E-state index contributed by atoms with van der Waals surface area (Å²) in [6.45, 7) is 1.72. The lowest BCUT2D eigenvalue weighted by atomic mass is 10.0. The predicted molar refractivity (Wildman–Crippen MR) is 65.4 cm³/mol. The van der Waals surface area contributed by atoms with Crippen LogP contribution in [0.5, 0.6) is 0 Å². The quantitative estimate of drug-likeness (QED) is 0.787. The molecular weight excluding hydrogens is 271 g/mol. The minimum Gasteiger partial charge on any atom is -0.274 e. The molecule has 2 aliphatic heterocycles. The van der Waals surface area contributed by atoms with Gasteiger partial charge in [0.25, 0.3) is 0 Å². The maximum absolute atomic E-state index is 11.9. The number of carbonyl (C=O) groups excluding carboxylic acids is 1. The number of aromatic nitrogens is 1. The highest BCUT2D eigenvalue weighted by atomic mass is 31.2. The van der Waals surface area contributed by atoms with Crippen LogP contribution in [0.1, 0.15) is 17.5 Å². The lowest BCUT2D eigenvalue weighted by Crippen LogP contribution is -2.38. The van der Waals surface area contributed by atoms with Gasteiger partial charge in [-0.2, -0.15) is 0 Å². The Labute approximate surface area is 110 Å². The Hall–Kier alpha value is -1.27. The second-order valence-corrected chi connectivity index (χ2v) is 6.07. The van der Waals surface area contributed by atoms with Crippen molar-refractivity contribution in [3.05, 3.63) is 23.4 Å². The molecule has 19 heavy (non-hydrogen) atoms. The van der Waals surface area contributed by atoms with Crippen LogP contribution >= 0.6 is 7.82 Å². The first-order chi connectivity index (χ1) is 9.07. The Kier molecular flexibility index (Phi) is 3.14. The van der Waals surface area contributed by atoms with Crippen LogP contribution < -0.4 is 4.90 Å². The molecular formula is C11H13N2O5P. The zero-order valence-corrected chi connectivity index (χ0v) is 11.3. The van der Waals surface area contributed by atoms with E-state index in [2.05, 4.69) is 4.98 Å². The normalized spacial score (nSPS) is 20.9. The summed E-state index contributed by atoms with van der Waals surface area (Å²) in [5, 5.41) is 0. The third-order valence-electron chi connectivity index (χ3n) is 3.01. The molecule has 0 bridgehead atoms. The van der Waals surface area contributed by atoms with E-state index in [-0.39, 0.29) is 19.4 Å². The zero-order valence-electron chi connectivity index (χ0n) is 10.4. The fourth-order valence-corrected chi connectivity index (χ4v) is 2.70. The van der Waals surface area contributed by atoms with Crippen molar-refractivity contribution in [3.8, 4) is 0 Å². The lowest BCUT2D eigenvalue weighted by Gasteiger charge is -2.31. The number of fused-ring (bicyclic) bond motifs is 1. The molecule has 0 atom stereocenters. The highest BCUT2D eigenvalue weighted by Gasteiger charge is 2.38. The molecule has 0 aliphatic carbocycles. The van der Waals surface area contributed by atoms with Crippen LogP contribution in [0, 0.1) is 6.92 Å². The van der Waals surface area contributed by atoms with E-state index in [1.165, 1.54) is 4.90 Å². The third kappa shape index (κ3) is 2.42. The first-order valence-corrected chi connectivity index (χ1v) is 7.33. The topological polar surface area (TPSA) is 78.0 Å². The van der Waals surface area contributed by atoms with Crippen molar-refractivity contribution < 1.29 is 22.9 Å². The molecule has 1 aromatic rings. The van der Waals surface area contributed by atoms with Crippen molar-refractivity contribution in [1.82, 2.24) is 4.98 Å². The number of carbonyl (C=O) groups is 1. The number of hydrogen-bond acceptors (Lipinski definition) is 6. The van der Waals surface area contributed by atoms with Crippen molar-refractivity contribution in [2.75, 3.05) is 18.4 Å². The number of rotatable bonds is 3.